The highest BCUT2D eigenvalue weighted by Crippen LogP contribution is 2.38. The molecule has 0 fully saturated rings. The largest absolute Gasteiger partial charge is 0.360 e. The van der Waals surface area contributed by atoms with Crippen LogP contribution in [0.2, 0.25) is 0 Å². The summed E-state index contributed by atoms with van der Waals surface area (Å²) in [5.41, 5.74) is 0.995. The van der Waals surface area contributed by atoms with Crippen LogP contribution >= 0.6 is 23.1 Å². The van der Waals surface area contributed by atoms with E-state index in [1.807, 2.05) is 56.0 Å². The minimum absolute atomic E-state index is 0.117. The van der Waals surface area contributed by atoms with Gasteiger partial charge in [-0.25, -0.2) is 0 Å². The first-order chi connectivity index (χ1) is 11.2. The van der Waals surface area contributed by atoms with Crippen molar-refractivity contribution < 1.29 is 4.79 Å². The Kier molecular flexibility index (Phi) is 6.85. The molecule has 7 heteroatoms. The van der Waals surface area contributed by atoms with Crippen LogP contribution in [0, 0.1) is 0 Å². The number of anilines is 1. The smallest absolute Gasteiger partial charge is 0.240 e. The Bertz CT molecular complexity index is 614. The van der Waals surface area contributed by atoms with Crippen molar-refractivity contribution in [1.29, 1.82) is 0 Å². The molecule has 2 rings (SSSR count). The summed E-state index contributed by atoms with van der Waals surface area (Å²) in [6.07, 6.45) is 0. The van der Waals surface area contributed by atoms with Gasteiger partial charge in [0.25, 0.3) is 0 Å². The molecule has 0 aliphatic rings. The van der Waals surface area contributed by atoms with Crippen molar-refractivity contribution in [3.05, 3.63) is 35.9 Å². The Hall–Kier alpha value is -1.60. The number of amides is 1. The number of benzene rings is 1. The number of hydrogen-bond acceptors (Lipinski definition) is 6. The third-order valence-electron chi connectivity index (χ3n) is 3.35. The summed E-state index contributed by atoms with van der Waals surface area (Å²) in [6.45, 7) is 8.24. The zero-order chi connectivity index (χ0) is 16.7. The third kappa shape index (κ3) is 4.68. The van der Waals surface area contributed by atoms with E-state index in [1.54, 1.807) is 0 Å². The van der Waals surface area contributed by atoms with Gasteiger partial charge in [-0.3, -0.25) is 4.79 Å². The van der Waals surface area contributed by atoms with Crippen LogP contribution in [0.5, 0.6) is 0 Å². The predicted octanol–water partition coefficient (Wildman–Crippen LogP) is 3.67. The molecule has 124 valence electrons. The molecule has 0 aliphatic carbocycles. The number of thioether (sulfide) groups is 1. The summed E-state index contributed by atoms with van der Waals surface area (Å²) in [5, 5.41) is 11.9. The number of aromatic nitrogens is 2. The number of hydrogen-bond donors (Lipinski definition) is 1. The molecule has 0 radical (unpaired) electrons. The first kappa shape index (κ1) is 17.7. The van der Waals surface area contributed by atoms with Gasteiger partial charge in [0.05, 0.1) is 0 Å². The summed E-state index contributed by atoms with van der Waals surface area (Å²) in [4.78, 5) is 14.7. The summed E-state index contributed by atoms with van der Waals surface area (Å²) in [6, 6.07) is 9.86. The van der Waals surface area contributed by atoms with Gasteiger partial charge >= 0.3 is 0 Å². The van der Waals surface area contributed by atoms with E-state index < -0.39 is 0 Å². The second kappa shape index (κ2) is 8.88. The summed E-state index contributed by atoms with van der Waals surface area (Å²) < 4.78 is 0.801. The number of nitrogens with zero attached hydrogens (tertiary/aromatic N) is 3. The summed E-state index contributed by atoms with van der Waals surface area (Å²) in [5.74, 6) is 0.117. The van der Waals surface area contributed by atoms with Crippen LogP contribution < -0.4 is 5.32 Å². The summed E-state index contributed by atoms with van der Waals surface area (Å²) >= 11 is 2.95. The molecule has 1 aromatic heterocycles. The molecule has 2 aromatic rings. The molecule has 1 atom stereocenters. The zero-order valence-corrected chi connectivity index (χ0v) is 15.3. The maximum absolute atomic E-state index is 12.9. The highest BCUT2D eigenvalue weighted by molar-refractivity contribution is 8.01. The number of carbonyl (C=O) groups is 1. The number of carbonyl (C=O) groups excluding carboxylic acids is 1. The Labute approximate surface area is 145 Å². The topological polar surface area (TPSA) is 58.1 Å². The Balaban J connectivity index is 2.24. The van der Waals surface area contributed by atoms with E-state index in [0.717, 1.165) is 21.6 Å². The molecular formula is C16H22N4OS2. The molecule has 1 amide bonds. The quantitative estimate of drug-likeness (QED) is 0.736. The average Bonchev–Trinajstić information content (AvgIpc) is 3.02. The fourth-order valence-electron chi connectivity index (χ4n) is 2.17. The lowest BCUT2D eigenvalue weighted by Crippen LogP contribution is -2.33. The molecule has 1 N–H and O–H groups in total. The van der Waals surface area contributed by atoms with Gasteiger partial charge in [-0.2, -0.15) is 0 Å². The van der Waals surface area contributed by atoms with E-state index in [1.165, 1.54) is 23.1 Å². The second-order valence-electron chi connectivity index (χ2n) is 4.82. The molecule has 0 unspecified atom stereocenters. The van der Waals surface area contributed by atoms with Crippen molar-refractivity contribution in [2.45, 2.75) is 30.4 Å². The SMILES string of the molecule is CCNc1nnc(S[C@@H](C(=O)N(CC)CC)c2ccccc2)s1. The van der Waals surface area contributed by atoms with Crippen molar-refractivity contribution in [1.82, 2.24) is 15.1 Å². The van der Waals surface area contributed by atoms with Crippen LogP contribution in [-0.4, -0.2) is 40.6 Å². The molecule has 5 nitrogen and oxygen atoms in total. The van der Waals surface area contributed by atoms with E-state index in [0.29, 0.717) is 13.1 Å². The van der Waals surface area contributed by atoms with E-state index in [9.17, 15) is 4.79 Å². The van der Waals surface area contributed by atoms with Crippen molar-refractivity contribution in [2.75, 3.05) is 25.0 Å². The van der Waals surface area contributed by atoms with Crippen LogP contribution in [0.3, 0.4) is 0 Å². The highest BCUT2D eigenvalue weighted by atomic mass is 32.2. The predicted molar refractivity (Wildman–Crippen MR) is 97.0 cm³/mol. The van der Waals surface area contributed by atoms with Crippen LogP contribution in [0.15, 0.2) is 34.7 Å². The number of nitrogens with one attached hydrogen (secondary N) is 1. The van der Waals surface area contributed by atoms with Gasteiger partial charge < -0.3 is 10.2 Å². The maximum Gasteiger partial charge on any atom is 0.240 e. The van der Waals surface area contributed by atoms with Gasteiger partial charge in [0.2, 0.25) is 11.0 Å². The third-order valence-corrected chi connectivity index (χ3v) is 5.56. The van der Waals surface area contributed by atoms with Gasteiger partial charge in [-0.15, -0.1) is 10.2 Å². The fourth-order valence-corrected chi connectivity index (χ4v) is 4.27. The van der Waals surface area contributed by atoms with Gasteiger partial charge in [0, 0.05) is 19.6 Å². The molecule has 0 saturated heterocycles. The molecule has 0 saturated carbocycles. The Morgan fingerprint density at radius 1 is 1.22 bits per heavy atom. The van der Waals surface area contributed by atoms with Gasteiger partial charge in [0.1, 0.15) is 5.25 Å². The maximum atomic E-state index is 12.9. The second-order valence-corrected chi connectivity index (χ2v) is 7.15. The molecule has 0 spiro atoms. The van der Waals surface area contributed by atoms with Crippen LogP contribution in [0.25, 0.3) is 0 Å². The van der Waals surface area contributed by atoms with E-state index in [4.69, 9.17) is 0 Å². The minimum Gasteiger partial charge on any atom is -0.360 e. The Morgan fingerprint density at radius 2 is 1.91 bits per heavy atom. The molecule has 1 aromatic carbocycles. The zero-order valence-electron chi connectivity index (χ0n) is 13.7. The van der Waals surface area contributed by atoms with E-state index in [2.05, 4.69) is 15.5 Å². The molecular weight excluding hydrogens is 328 g/mol. The van der Waals surface area contributed by atoms with Crippen molar-refractivity contribution in [2.24, 2.45) is 0 Å². The fraction of sp³-hybridized carbons (Fsp3) is 0.438. The number of rotatable bonds is 8. The molecule has 0 aliphatic heterocycles. The lowest BCUT2D eigenvalue weighted by Gasteiger charge is -2.24. The Morgan fingerprint density at radius 3 is 2.52 bits per heavy atom. The summed E-state index contributed by atoms with van der Waals surface area (Å²) in [7, 11) is 0. The van der Waals surface area contributed by atoms with E-state index in [-0.39, 0.29) is 11.2 Å². The molecule has 0 bridgehead atoms. The monoisotopic (exact) mass is 350 g/mol. The lowest BCUT2D eigenvalue weighted by atomic mass is 10.1. The number of likely N-dealkylation sites (N-methyl/N-ethyl adjacent to an activating group) is 1. The van der Waals surface area contributed by atoms with Crippen molar-refractivity contribution >= 4 is 34.1 Å². The average molecular weight is 351 g/mol. The molecule has 1 heterocycles. The van der Waals surface area contributed by atoms with Crippen molar-refractivity contribution in [3.8, 4) is 0 Å². The standard InChI is InChI=1S/C16H22N4OS2/c1-4-17-15-18-19-16(23-15)22-13(12-10-8-7-9-11-12)14(21)20(5-2)6-3/h7-11,13H,4-6H2,1-3H3,(H,17,18)/t13-/m1/s1. The van der Waals surface area contributed by atoms with Crippen LogP contribution in [-0.2, 0) is 4.79 Å². The highest BCUT2D eigenvalue weighted by Gasteiger charge is 2.27. The van der Waals surface area contributed by atoms with Gasteiger partial charge in [0.15, 0.2) is 4.34 Å². The van der Waals surface area contributed by atoms with E-state index >= 15 is 0 Å². The lowest BCUT2D eigenvalue weighted by molar-refractivity contribution is -0.130. The normalized spacial score (nSPS) is 12.0. The van der Waals surface area contributed by atoms with Gasteiger partial charge in [-0.1, -0.05) is 53.4 Å². The molecule has 23 heavy (non-hydrogen) atoms. The van der Waals surface area contributed by atoms with Crippen LogP contribution in [0.1, 0.15) is 31.6 Å². The first-order valence-electron chi connectivity index (χ1n) is 7.77. The van der Waals surface area contributed by atoms with Crippen molar-refractivity contribution in [3.63, 3.8) is 0 Å². The van der Waals surface area contributed by atoms with Gasteiger partial charge in [-0.05, 0) is 26.3 Å². The van der Waals surface area contributed by atoms with Crippen LogP contribution in [0.4, 0.5) is 5.13 Å². The first-order valence-corrected chi connectivity index (χ1v) is 9.46. The minimum atomic E-state index is -0.293.